The summed E-state index contributed by atoms with van der Waals surface area (Å²) < 4.78 is 12.3. The number of nitrogens with zero attached hydrogens (tertiary/aromatic N) is 5. The number of nitrogens with one attached hydrogen (secondary N) is 2. The maximum atomic E-state index is 13.0. The quantitative estimate of drug-likeness (QED) is 0.210. The van der Waals surface area contributed by atoms with Gasteiger partial charge in [-0.15, -0.1) is 0 Å². The predicted octanol–water partition coefficient (Wildman–Crippen LogP) is 6.09. The molecule has 0 aliphatic carbocycles. The highest BCUT2D eigenvalue weighted by molar-refractivity contribution is 6.39. The minimum atomic E-state index is -0.262. The molecule has 0 radical (unpaired) electrons. The Balaban J connectivity index is 1.32. The zero-order valence-electron chi connectivity index (χ0n) is 24.5. The molecule has 44 heavy (non-hydrogen) atoms. The van der Waals surface area contributed by atoms with Crippen molar-refractivity contribution in [3.8, 4) is 28.3 Å². The molecular weight excluding hydrogens is 601 g/mol. The van der Waals surface area contributed by atoms with Crippen LogP contribution in [0.5, 0.6) is 5.88 Å². The molecule has 0 atom stereocenters. The first-order chi connectivity index (χ1) is 21.3. The van der Waals surface area contributed by atoms with E-state index in [9.17, 15) is 4.79 Å². The number of anilines is 2. The molecule has 0 saturated carbocycles. The molecular formula is C32H31Cl2N7O3. The predicted molar refractivity (Wildman–Crippen MR) is 173 cm³/mol. The second kappa shape index (κ2) is 12.9. The van der Waals surface area contributed by atoms with Gasteiger partial charge in [-0.25, -0.2) is 14.6 Å². The van der Waals surface area contributed by atoms with E-state index in [1.54, 1.807) is 26.6 Å². The van der Waals surface area contributed by atoms with E-state index in [0.29, 0.717) is 73.2 Å². The number of halogens is 2. The highest BCUT2D eigenvalue weighted by atomic mass is 35.5. The molecule has 0 bridgehead atoms. The molecule has 0 spiro atoms. The van der Waals surface area contributed by atoms with Gasteiger partial charge in [0.25, 0.3) is 5.56 Å². The van der Waals surface area contributed by atoms with Crippen LogP contribution in [0.4, 0.5) is 11.5 Å². The number of benzene rings is 2. The van der Waals surface area contributed by atoms with Gasteiger partial charge < -0.3 is 20.1 Å². The van der Waals surface area contributed by atoms with Crippen LogP contribution in [-0.2, 0) is 18.3 Å². The molecule has 1 aliphatic rings. The lowest BCUT2D eigenvalue weighted by atomic mass is 10.0. The molecule has 2 N–H and O–H groups in total. The number of hydrogen-bond donors (Lipinski definition) is 2. The number of rotatable bonds is 8. The molecule has 4 heterocycles. The van der Waals surface area contributed by atoms with Crippen molar-refractivity contribution in [2.75, 3.05) is 25.6 Å². The molecule has 10 nitrogen and oxygen atoms in total. The van der Waals surface area contributed by atoms with Crippen molar-refractivity contribution in [1.29, 1.82) is 0 Å². The second-order valence-electron chi connectivity index (χ2n) is 10.6. The number of methoxy groups -OCH3 is 1. The Morgan fingerprint density at radius 1 is 1.02 bits per heavy atom. The monoisotopic (exact) mass is 631 g/mol. The minimum absolute atomic E-state index is 0.262. The van der Waals surface area contributed by atoms with Gasteiger partial charge in [0.1, 0.15) is 11.5 Å². The van der Waals surface area contributed by atoms with E-state index < -0.39 is 0 Å². The first-order valence-electron chi connectivity index (χ1n) is 14.2. The molecule has 1 fully saturated rings. The van der Waals surface area contributed by atoms with Crippen LogP contribution >= 0.6 is 23.2 Å². The van der Waals surface area contributed by atoms with Crippen molar-refractivity contribution in [3.05, 3.63) is 86.6 Å². The average Bonchev–Trinajstić information content (AvgIpc) is 3.03. The van der Waals surface area contributed by atoms with Crippen molar-refractivity contribution in [3.63, 3.8) is 0 Å². The molecule has 0 unspecified atom stereocenters. The number of aryl methyl sites for hydroxylation is 2. The van der Waals surface area contributed by atoms with Crippen LogP contribution < -0.4 is 20.9 Å². The second-order valence-corrected chi connectivity index (χ2v) is 11.3. The number of ether oxygens (including phenoxy) is 2. The van der Waals surface area contributed by atoms with Crippen molar-refractivity contribution < 1.29 is 9.47 Å². The Labute approximate surface area is 264 Å². The third-order valence-electron chi connectivity index (χ3n) is 7.66. The van der Waals surface area contributed by atoms with Gasteiger partial charge in [-0.1, -0.05) is 53.5 Å². The fraction of sp³-hybridized carbons (Fsp3) is 0.281. The zero-order chi connectivity index (χ0) is 30.8. The highest BCUT2D eigenvalue weighted by Crippen LogP contribution is 2.42. The van der Waals surface area contributed by atoms with Crippen LogP contribution in [-0.4, -0.2) is 51.1 Å². The van der Waals surface area contributed by atoms with E-state index in [0.717, 1.165) is 37.4 Å². The van der Waals surface area contributed by atoms with Crippen LogP contribution in [0.3, 0.4) is 0 Å². The lowest BCUT2D eigenvalue weighted by Gasteiger charge is -2.23. The Hall–Kier alpha value is -4.09. The minimum Gasteiger partial charge on any atom is -0.480 e. The van der Waals surface area contributed by atoms with Crippen LogP contribution in [0.1, 0.15) is 24.2 Å². The largest absolute Gasteiger partial charge is 0.480 e. The van der Waals surface area contributed by atoms with E-state index >= 15 is 0 Å². The topological polar surface area (TPSA) is 116 Å². The van der Waals surface area contributed by atoms with Crippen LogP contribution in [0.25, 0.3) is 33.2 Å². The third-order valence-corrected chi connectivity index (χ3v) is 8.47. The summed E-state index contributed by atoms with van der Waals surface area (Å²) in [6.45, 7) is 3.92. The van der Waals surface area contributed by atoms with Crippen LogP contribution in [0.15, 0.2) is 59.7 Å². The van der Waals surface area contributed by atoms with Crippen molar-refractivity contribution in [1.82, 2.24) is 30.0 Å². The van der Waals surface area contributed by atoms with Gasteiger partial charge in [0.15, 0.2) is 0 Å². The molecule has 1 saturated heterocycles. The fourth-order valence-electron chi connectivity index (χ4n) is 5.33. The number of hydrogen-bond acceptors (Lipinski definition) is 9. The standard InChI is InChI=1S/C32H31Cl2N7O3/c1-18-14-19-15-37-41(2)32(42)27(19)30(38-18)39-24-9-5-7-22(29(24)34)21-6-4-8-23(28(21)33)25-16-36-26(31(40-25)43-3)17-35-20-10-12-44-13-11-20/h4-9,14-16,20,35H,10-13,17H2,1-3H3,(H,38,39). The lowest BCUT2D eigenvalue weighted by Crippen LogP contribution is -2.34. The molecule has 6 rings (SSSR count). The first kappa shape index (κ1) is 30.0. The van der Waals surface area contributed by atoms with Crippen LogP contribution in [0.2, 0.25) is 10.0 Å². The summed E-state index contributed by atoms with van der Waals surface area (Å²) in [5.41, 5.74) is 4.46. The smallest absolute Gasteiger partial charge is 0.278 e. The molecule has 2 aromatic carbocycles. The lowest BCUT2D eigenvalue weighted by molar-refractivity contribution is 0.0774. The Bertz CT molecular complexity index is 1910. The van der Waals surface area contributed by atoms with Gasteiger partial charge in [-0.05, 0) is 31.9 Å². The molecule has 12 heteroatoms. The van der Waals surface area contributed by atoms with Crippen LogP contribution in [0, 0.1) is 6.92 Å². The maximum absolute atomic E-state index is 13.0. The van der Waals surface area contributed by atoms with Crippen molar-refractivity contribution in [2.24, 2.45) is 7.05 Å². The summed E-state index contributed by atoms with van der Waals surface area (Å²) in [7, 11) is 3.19. The number of pyridine rings is 1. The van der Waals surface area contributed by atoms with Gasteiger partial charge >= 0.3 is 0 Å². The normalized spacial score (nSPS) is 13.8. The van der Waals surface area contributed by atoms with Crippen molar-refractivity contribution in [2.45, 2.75) is 32.4 Å². The summed E-state index contributed by atoms with van der Waals surface area (Å²) in [6.07, 6.45) is 5.28. The van der Waals surface area contributed by atoms with E-state index in [2.05, 4.69) is 25.7 Å². The molecule has 226 valence electrons. The summed E-state index contributed by atoms with van der Waals surface area (Å²) in [4.78, 5) is 27.0. The number of aromatic nitrogens is 5. The Morgan fingerprint density at radius 3 is 2.52 bits per heavy atom. The molecule has 3 aromatic heterocycles. The number of fused-ring (bicyclic) bond motifs is 1. The molecule has 5 aromatic rings. The summed E-state index contributed by atoms with van der Waals surface area (Å²) in [5.74, 6) is 0.836. The summed E-state index contributed by atoms with van der Waals surface area (Å²) in [5, 5.41) is 12.9. The van der Waals surface area contributed by atoms with E-state index in [1.165, 1.54) is 4.68 Å². The van der Waals surface area contributed by atoms with E-state index in [1.807, 2.05) is 49.4 Å². The van der Waals surface area contributed by atoms with Gasteiger partial charge in [0.05, 0.1) is 46.3 Å². The maximum Gasteiger partial charge on any atom is 0.278 e. The van der Waals surface area contributed by atoms with E-state index in [4.69, 9.17) is 37.7 Å². The average molecular weight is 633 g/mol. The van der Waals surface area contributed by atoms with E-state index in [-0.39, 0.29) is 5.56 Å². The molecule has 1 aliphatic heterocycles. The highest BCUT2D eigenvalue weighted by Gasteiger charge is 2.19. The van der Waals surface area contributed by atoms with Gasteiger partial charge in [-0.2, -0.15) is 5.10 Å². The Morgan fingerprint density at radius 2 is 1.75 bits per heavy atom. The fourth-order valence-corrected chi connectivity index (χ4v) is 5.93. The van der Waals surface area contributed by atoms with Crippen molar-refractivity contribution >= 4 is 45.5 Å². The van der Waals surface area contributed by atoms with Gasteiger partial charge in [0.2, 0.25) is 5.88 Å². The summed E-state index contributed by atoms with van der Waals surface area (Å²) >= 11 is 14.0. The first-order valence-corrected chi connectivity index (χ1v) is 15.0. The third kappa shape index (κ3) is 5.98. The SMILES string of the molecule is COc1nc(-c2cccc(-c3cccc(Nc4nc(C)cc5cnn(C)c(=O)c45)c3Cl)c2Cl)cnc1CNC1CCOCC1. The van der Waals surface area contributed by atoms with Gasteiger partial charge in [-0.3, -0.25) is 9.78 Å². The Kier molecular flexibility index (Phi) is 8.76. The zero-order valence-corrected chi connectivity index (χ0v) is 26.0. The molecule has 0 amide bonds. The summed E-state index contributed by atoms with van der Waals surface area (Å²) in [6, 6.07) is 13.5. The van der Waals surface area contributed by atoms with Gasteiger partial charge in [0, 0.05) is 60.6 Å².